The van der Waals surface area contributed by atoms with E-state index in [1.54, 1.807) is 6.07 Å². The number of nitrogens with one attached hydrogen (secondary N) is 3. The molecule has 2 amide bonds. The molecule has 1 aromatic carbocycles. The maximum absolute atomic E-state index is 12.2. The predicted molar refractivity (Wildman–Crippen MR) is 100 cm³/mol. The number of aryl methyl sites for hydroxylation is 1. The molecular weight excluding hydrogens is 348 g/mol. The summed E-state index contributed by atoms with van der Waals surface area (Å²) in [5.74, 6) is -2.03. The third kappa shape index (κ3) is 5.95. The number of amides is 2. The van der Waals surface area contributed by atoms with Gasteiger partial charge in [-0.15, -0.1) is 0 Å². The minimum atomic E-state index is -1.10. The molecule has 4 N–H and O–H groups in total. The molecule has 27 heavy (non-hydrogen) atoms. The van der Waals surface area contributed by atoms with Crippen molar-refractivity contribution in [3.05, 3.63) is 41.6 Å². The van der Waals surface area contributed by atoms with Crippen molar-refractivity contribution >= 4 is 17.8 Å². The highest BCUT2D eigenvalue weighted by Gasteiger charge is 2.21. The minimum absolute atomic E-state index is 0.117. The highest BCUT2D eigenvalue weighted by Crippen LogP contribution is 2.18. The lowest BCUT2D eigenvalue weighted by Crippen LogP contribution is -2.46. The van der Waals surface area contributed by atoms with E-state index < -0.39 is 23.8 Å². The zero-order valence-electron chi connectivity index (χ0n) is 15.6. The molecule has 8 nitrogen and oxygen atoms in total. The van der Waals surface area contributed by atoms with Crippen LogP contribution >= 0.6 is 0 Å². The number of carbonyl (C=O) groups is 3. The van der Waals surface area contributed by atoms with Gasteiger partial charge in [0.05, 0.1) is 12.2 Å². The standard InChI is InChI=1S/C19H24N4O4/c1-11(2)8-16(19(26)27)21-17(24)10-20-18(25)15-9-14(22-23-15)13-6-4-12(3)5-7-13/h4-7,9,11,16H,8,10H2,1-3H3,(H,20,25)(H,21,24)(H,22,23)(H,26,27)/t16-/m0/s1. The average Bonchev–Trinajstić information content (AvgIpc) is 3.09. The number of rotatable bonds is 8. The van der Waals surface area contributed by atoms with Crippen LogP contribution in [0.25, 0.3) is 11.3 Å². The van der Waals surface area contributed by atoms with Crippen molar-refractivity contribution in [1.29, 1.82) is 0 Å². The monoisotopic (exact) mass is 372 g/mol. The number of carbonyl (C=O) groups excluding carboxylic acids is 2. The Morgan fingerprint density at radius 3 is 2.44 bits per heavy atom. The van der Waals surface area contributed by atoms with Crippen molar-refractivity contribution < 1.29 is 19.5 Å². The molecule has 8 heteroatoms. The van der Waals surface area contributed by atoms with Gasteiger partial charge in [-0.2, -0.15) is 5.10 Å². The third-order valence-corrected chi connectivity index (χ3v) is 3.92. The lowest BCUT2D eigenvalue weighted by Gasteiger charge is -2.16. The molecule has 2 aromatic rings. The van der Waals surface area contributed by atoms with Crippen LogP contribution in [0.3, 0.4) is 0 Å². The number of aromatic nitrogens is 2. The molecule has 0 saturated heterocycles. The summed E-state index contributed by atoms with van der Waals surface area (Å²) in [6.07, 6.45) is 0.315. The van der Waals surface area contributed by atoms with Gasteiger partial charge in [0.25, 0.3) is 5.91 Å². The first kappa shape index (κ1) is 20.2. The van der Waals surface area contributed by atoms with Crippen molar-refractivity contribution in [3.8, 4) is 11.3 Å². The van der Waals surface area contributed by atoms with Crippen LogP contribution in [0.5, 0.6) is 0 Å². The second-order valence-electron chi connectivity index (χ2n) is 6.80. The molecule has 1 aromatic heterocycles. The maximum Gasteiger partial charge on any atom is 0.326 e. The largest absolute Gasteiger partial charge is 0.480 e. The number of nitrogens with zero attached hydrogens (tertiary/aromatic N) is 1. The smallest absolute Gasteiger partial charge is 0.326 e. The fourth-order valence-corrected chi connectivity index (χ4v) is 2.50. The van der Waals surface area contributed by atoms with E-state index >= 15 is 0 Å². The Morgan fingerprint density at radius 2 is 1.85 bits per heavy atom. The van der Waals surface area contributed by atoms with Crippen LogP contribution in [-0.4, -0.2) is 45.7 Å². The summed E-state index contributed by atoms with van der Waals surface area (Å²) >= 11 is 0. The Balaban J connectivity index is 1.91. The highest BCUT2D eigenvalue weighted by atomic mass is 16.4. The fourth-order valence-electron chi connectivity index (χ4n) is 2.50. The summed E-state index contributed by atoms with van der Waals surface area (Å²) in [7, 11) is 0. The van der Waals surface area contributed by atoms with Crippen LogP contribution in [0, 0.1) is 12.8 Å². The van der Waals surface area contributed by atoms with E-state index in [4.69, 9.17) is 5.11 Å². The third-order valence-electron chi connectivity index (χ3n) is 3.92. The van der Waals surface area contributed by atoms with Gasteiger partial charge in [-0.1, -0.05) is 43.7 Å². The Morgan fingerprint density at radius 1 is 1.19 bits per heavy atom. The van der Waals surface area contributed by atoms with E-state index in [-0.39, 0.29) is 18.2 Å². The number of benzene rings is 1. The zero-order chi connectivity index (χ0) is 20.0. The second-order valence-corrected chi connectivity index (χ2v) is 6.80. The van der Waals surface area contributed by atoms with Gasteiger partial charge in [-0.05, 0) is 25.3 Å². The van der Waals surface area contributed by atoms with Crippen molar-refractivity contribution in [2.45, 2.75) is 33.2 Å². The lowest BCUT2D eigenvalue weighted by atomic mass is 10.0. The minimum Gasteiger partial charge on any atom is -0.480 e. The molecule has 0 unspecified atom stereocenters. The summed E-state index contributed by atoms with van der Waals surface area (Å²) in [4.78, 5) is 35.3. The van der Waals surface area contributed by atoms with E-state index in [0.717, 1.165) is 11.1 Å². The van der Waals surface area contributed by atoms with E-state index in [9.17, 15) is 14.4 Å². The van der Waals surface area contributed by atoms with Crippen LogP contribution in [0.1, 0.15) is 36.3 Å². The number of carboxylic acid groups (broad SMARTS) is 1. The van der Waals surface area contributed by atoms with Gasteiger partial charge in [-0.3, -0.25) is 14.7 Å². The zero-order valence-corrected chi connectivity index (χ0v) is 15.6. The second kappa shape index (κ2) is 8.98. The van der Waals surface area contributed by atoms with Gasteiger partial charge >= 0.3 is 5.97 Å². The Labute approximate surface area is 157 Å². The molecule has 144 valence electrons. The summed E-state index contributed by atoms with van der Waals surface area (Å²) in [6, 6.07) is 8.32. The highest BCUT2D eigenvalue weighted by molar-refractivity contribution is 5.96. The average molecular weight is 372 g/mol. The lowest BCUT2D eigenvalue weighted by molar-refractivity contribution is -0.142. The van der Waals surface area contributed by atoms with Crippen molar-refractivity contribution in [2.24, 2.45) is 5.92 Å². The molecule has 0 aliphatic carbocycles. The Kier molecular flexibility index (Phi) is 6.70. The Hall–Kier alpha value is -3.16. The van der Waals surface area contributed by atoms with Gasteiger partial charge in [-0.25, -0.2) is 4.79 Å². The van der Waals surface area contributed by atoms with E-state index in [0.29, 0.717) is 12.1 Å². The maximum atomic E-state index is 12.2. The van der Waals surface area contributed by atoms with Gasteiger partial charge in [0.1, 0.15) is 11.7 Å². The van der Waals surface area contributed by atoms with Crippen LogP contribution in [0.2, 0.25) is 0 Å². The van der Waals surface area contributed by atoms with Crippen LogP contribution in [-0.2, 0) is 9.59 Å². The van der Waals surface area contributed by atoms with Gasteiger partial charge < -0.3 is 15.7 Å². The molecular formula is C19H24N4O4. The van der Waals surface area contributed by atoms with E-state index in [1.165, 1.54) is 0 Å². The molecule has 0 saturated carbocycles. The topological polar surface area (TPSA) is 124 Å². The SMILES string of the molecule is Cc1ccc(-c2cc(C(=O)NCC(=O)N[C@@H](CC(C)C)C(=O)O)[nH]n2)cc1. The van der Waals surface area contributed by atoms with Crippen LogP contribution in [0.15, 0.2) is 30.3 Å². The predicted octanol–water partition coefficient (Wildman–Crippen LogP) is 1.73. The van der Waals surface area contributed by atoms with Crippen molar-refractivity contribution in [3.63, 3.8) is 0 Å². The Bertz CT molecular complexity index is 811. The first-order chi connectivity index (χ1) is 12.8. The van der Waals surface area contributed by atoms with Crippen molar-refractivity contribution in [1.82, 2.24) is 20.8 Å². The molecule has 1 heterocycles. The molecule has 1 atom stereocenters. The van der Waals surface area contributed by atoms with Crippen LogP contribution in [0.4, 0.5) is 0 Å². The molecule has 0 spiro atoms. The van der Waals surface area contributed by atoms with Gasteiger partial charge in [0.2, 0.25) is 5.91 Å². The summed E-state index contributed by atoms with van der Waals surface area (Å²) in [5.41, 5.74) is 2.82. The number of aliphatic carboxylic acids is 1. The number of H-pyrrole nitrogens is 1. The van der Waals surface area contributed by atoms with Crippen LogP contribution < -0.4 is 10.6 Å². The molecule has 0 bridgehead atoms. The fraction of sp³-hybridized carbons (Fsp3) is 0.368. The summed E-state index contributed by atoms with van der Waals surface area (Å²) < 4.78 is 0. The molecule has 0 aliphatic heterocycles. The summed E-state index contributed by atoms with van der Waals surface area (Å²) in [5, 5.41) is 20.8. The summed E-state index contributed by atoms with van der Waals surface area (Å²) in [6.45, 7) is 5.40. The van der Waals surface area contributed by atoms with E-state index in [2.05, 4.69) is 20.8 Å². The van der Waals surface area contributed by atoms with Gasteiger partial charge in [0, 0.05) is 5.56 Å². The quantitative estimate of drug-likeness (QED) is 0.562. The van der Waals surface area contributed by atoms with Gasteiger partial charge in [0.15, 0.2) is 0 Å². The molecule has 0 aliphatic rings. The number of hydrogen-bond donors (Lipinski definition) is 4. The number of aromatic amines is 1. The first-order valence-corrected chi connectivity index (χ1v) is 8.69. The van der Waals surface area contributed by atoms with E-state index in [1.807, 2.05) is 45.0 Å². The first-order valence-electron chi connectivity index (χ1n) is 8.69. The number of carboxylic acids is 1. The molecule has 2 rings (SSSR count). The normalized spacial score (nSPS) is 11.9. The number of hydrogen-bond acceptors (Lipinski definition) is 4. The van der Waals surface area contributed by atoms with Crippen molar-refractivity contribution in [2.75, 3.05) is 6.54 Å². The molecule has 0 fully saturated rings. The molecule has 0 radical (unpaired) electrons.